The van der Waals surface area contributed by atoms with Crippen molar-refractivity contribution >= 4 is 23.5 Å². The Morgan fingerprint density at radius 3 is 2.66 bits per heavy atom. The average molecular weight is 422 g/mol. The smallest absolute Gasteiger partial charge is 0.234 e. The fourth-order valence-corrected chi connectivity index (χ4v) is 3.52. The maximum atomic E-state index is 12.0. The zero-order valence-electron chi connectivity index (χ0n) is 17.4. The summed E-state index contributed by atoms with van der Waals surface area (Å²) in [5, 5.41) is 7.11. The van der Waals surface area contributed by atoms with Gasteiger partial charge in [-0.3, -0.25) is 9.69 Å². The summed E-state index contributed by atoms with van der Waals surface area (Å²) in [4.78, 5) is 21.3. The van der Waals surface area contributed by atoms with Gasteiger partial charge in [0.15, 0.2) is 5.96 Å². The second kappa shape index (κ2) is 10.7. The molecule has 1 aromatic carbocycles. The topological polar surface area (TPSA) is 69.2 Å². The molecule has 0 bridgehead atoms. The van der Waals surface area contributed by atoms with Crippen LogP contribution in [0.2, 0.25) is 5.02 Å². The molecule has 2 aliphatic rings. The van der Waals surface area contributed by atoms with Crippen LogP contribution >= 0.6 is 11.6 Å². The van der Waals surface area contributed by atoms with Crippen molar-refractivity contribution in [2.24, 2.45) is 4.99 Å². The number of benzene rings is 1. The molecule has 1 amide bonds. The van der Waals surface area contributed by atoms with Crippen molar-refractivity contribution in [3.63, 3.8) is 0 Å². The van der Waals surface area contributed by atoms with Crippen molar-refractivity contribution < 1.29 is 9.53 Å². The Balaban J connectivity index is 1.56. The molecule has 1 heterocycles. The first-order valence-electron chi connectivity index (χ1n) is 10.5. The van der Waals surface area contributed by atoms with Crippen LogP contribution in [0.4, 0.5) is 0 Å². The number of carbonyl (C=O) groups excluding carboxylic acids is 1. The highest BCUT2D eigenvalue weighted by Crippen LogP contribution is 2.24. The standard InChI is InChI=1S/C21H32ClN5O2/c1-3-23-21(24-14-16-5-6-17(22)13-19(16)29-4-2)27-11-9-26(10-12-27)15-20(28)25-18-7-8-18/h5-6,13,18H,3-4,7-12,14-15H2,1-2H3,(H,23,24)(H,25,28). The van der Waals surface area contributed by atoms with Crippen LogP contribution in [-0.2, 0) is 11.3 Å². The summed E-state index contributed by atoms with van der Waals surface area (Å²) in [6, 6.07) is 6.10. The second-order valence-electron chi connectivity index (χ2n) is 7.46. The molecule has 0 aromatic heterocycles. The molecular formula is C21H32ClN5O2. The lowest BCUT2D eigenvalue weighted by atomic mass is 10.2. The molecule has 160 valence electrons. The number of halogens is 1. The van der Waals surface area contributed by atoms with E-state index < -0.39 is 0 Å². The molecule has 7 nitrogen and oxygen atoms in total. The normalized spacial score (nSPS) is 17.9. The van der Waals surface area contributed by atoms with E-state index in [9.17, 15) is 4.79 Å². The third kappa shape index (κ3) is 6.78. The third-order valence-electron chi connectivity index (χ3n) is 5.04. The van der Waals surface area contributed by atoms with Crippen LogP contribution in [0.25, 0.3) is 0 Å². The number of hydrogen-bond acceptors (Lipinski definition) is 4. The van der Waals surface area contributed by atoms with E-state index in [0.29, 0.717) is 30.8 Å². The zero-order chi connectivity index (χ0) is 20.6. The lowest BCUT2D eigenvalue weighted by Crippen LogP contribution is -2.54. The summed E-state index contributed by atoms with van der Waals surface area (Å²) in [6.45, 7) is 9.85. The lowest BCUT2D eigenvalue weighted by molar-refractivity contribution is -0.122. The first kappa shape index (κ1) is 21.7. The van der Waals surface area contributed by atoms with Crippen molar-refractivity contribution in [2.45, 2.75) is 39.3 Å². The van der Waals surface area contributed by atoms with Gasteiger partial charge in [0.1, 0.15) is 5.75 Å². The molecule has 0 atom stereocenters. The molecule has 1 saturated carbocycles. The number of hydrogen-bond donors (Lipinski definition) is 2. The molecule has 1 aromatic rings. The quantitative estimate of drug-likeness (QED) is 0.497. The van der Waals surface area contributed by atoms with Gasteiger partial charge >= 0.3 is 0 Å². The Hall–Kier alpha value is -1.99. The minimum atomic E-state index is 0.146. The average Bonchev–Trinajstić information content (AvgIpc) is 3.51. The van der Waals surface area contributed by atoms with Gasteiger partial charge in [-0.25, -0.2) is 4.99 Å². The SMILES string of the molecule is CCNC(=NCc1ccc(Cl)cc1OCC)N1CCN(CC(=O)NC2CC2)CC1. The fraction of sp³-hybridized carbons (Fsp3) is 0.619. The molecule has 1 aliphatic carbocycles. The van der Waals surface area contributed by atoms with Gasteiger partial charge in [-0.05, 0) is 38.8 Å². The van der Waals surface area contributed by atoms with Crippen molar-refractivity contribution in [2.75, 3.05) is 45.9 Å². The van der Waals surface area contributed by atoms with Gasteiger partial charge in [0.2, 0.25) is 5.91 Å². The molecule has 1 aliphatic heterocycles. The molecular weight excluding hydrogens is 390 g/mol. The van der Waals surface area contributed by atoms with Crippen LogP contribution in [0.3, 0.4) is 0 Å². The van der Waals surface area contributed by atoms with Crippen LogP contribution in [0.5, 0.6) is 5.75 Å². The summed E-state index contributed by atoms with van der Waals surface area (Å²) in [5.41, 5.74) is 1.02. The van der Waals surface area contributed by atoms with Crippen LogP contribution in [0.15, 0.2) is 23.2 Å². The van der Waals surface area contributed by atoms with Gasteiger partial charge in [0.25, 0.3) is 0 Å². The van der Waals surface area contributed by atoms with Crippen molar-refractivity contribution in [3.05, 3.63) is 28.8 Å². The fourth-order valence-electron chi connectivity index (χ4n) is 3.36. The third-order valence-corrected chi connectivity index (χ3v) is 5.28. The summed E-state index contributed by atoms with van der Waals surface area (Å²) < 4.78 is 5.71. The number of carbonyl (C=O) groups is 1. The molecule has 0 spiro atoms. The van der Waals surface area contributed by atoms with Crippen LogP contribution in [0, 0.1) is 0 Å². The minimum Gasteiger partial charge on any atom is -0.493 e. The highest BCUT2D eigenvalue weighted by Gasteiger charge is 2.26. The van der Waals surface area contributed by atoms with Gasteiger partial charge in [-0.15, -0.1) is 0 Å². The molecule has 2 N–H and O–H groups in total. The Labute approximate surface area is 178 Å². The minimum absolute atomic E-state index is 0.146. The van der Waals surface area contributed by atoms with Gasteiger partial charge < -0.3 is 20.3 Å². The number of guanidine groups is 1. The first-order chi connectivity index (χ1) is 14.1. The number of ether oxygens (including phenoxy) is 1. The number of piperazine rings is 1. The van der Waals surface area contributed by atoms with E-state index >= 15 is 0 Å². The first-order valence-corrected chi connectivity index (χ1v) is 10.9. The van der Waals surface area contributed by atoms with Crippen LogP contribution in [-0.4, -0.2) is 73.6 Å². The Bertz CT molecular complexity index is 715. The zero-order valence-corrected chi connectivity index (χ0v) is 18.2. The number of aliphatic imine (C=N–C) groups is 1. The van der Waals surface area contributed by atoms with E-state index in [2.05, 4.69) is 27.4 Å². The Kier molecular flexibility index (Phi) is 8.00. The molecule has 0 unspecified atom stereocenters. The summed E-state index contributed by atoms with van der Waals surface area (Å²) in [7, 11) is 0. The predicted octanol–water partition coefficient (Wildman–Crippen LogP) is 2.10. The number of amides is 1. The molecule has 0 radical (unpaired) electrons. The second-order valence-corrected chi connectivity index (χ2v) is 7.90. The maximum absolute atomic E-state index is 12.0. The van der Waals surface area contributed by atoms with Gasteiger partial charge in [-0.1, -0.05) is 17.7 Å². The monoisotopic (exact) mass is 421 g/mol. The van der Waals surface area contributed by atoms with E-state index in [1.807, 2.05) is 25.1 Å². The maximum Gasteiger partial charge on any atom is 0.234 e. The predicted molar refractivity (Wildman–Crippen MR) is 117 cm³/mol. The Morgan fingerprint density at radius 1 is 1.24 bits per heavy atom. The molecule has 29 heavy (non-hydrogen) atoms. The van der Waals surface area contributed by atoms with Crippen molar-refractivity contribution in [1.82, 2.24) is 20.4 Å². The molecule has 8 heteroatoms. The highest BCUT2D eigenvalue weighted by molar-refractivity contribution is 6.30. The van der Waals surface area contributed by atoms with Crippen LogP contribution in [0.1, 0.15) is 32.3 Å². The van der Waals surface area contributed by atoms with E-state index in [1.165, 1.54) is 0 Å². The Morgan fingerprint density at radius 2 is 2.00 bits per heavy atom. The van der Waals surface area contributed by atoms with Gasteiger partial charge in [-0.2, -0.15) is 0 Å². The molecule has 3 rings (SSSR count). The number of nitrogens with one attached hydrogen (secondary N) is 2. The van der Waals surface area contributed by atoms with E-state index in [0.717, 1.165) is 62.8 Å². The number of nitrogens with zero attached hydrogens (tertiary/aromatic N) is 3. The highest BCUT2D eigenvalue weighted by atomic mass is 35.5. The van der Waals surface area contributed by atoms with Crippen molar-refractivity contribution in [1.29, 1.82) is 0 Å². The summed E-state index contributed by atoms with van der Waals surface area (Å²) >= 11 is 6.10. The number of rotatable bonds is 8. The van der Waals surface area contributed by atoms with Crippen LogP contribution < -0.4 is 15.4 Å². The largest absolute Gasteiger partial charge is 0.493 e. The summed E-state index contributed by atoms with van der Waals surface area (Å²) in [6.07, 6.45) is 2.25. The van der Waals surface area contributed by atoms with Gasteiger partial charge in [0, 0.05) is 49.4 Å². The summed E-state index contributed by atoms with van der Waals surface area (Å²) in [5.74, 6) is 1.82. The van der Waals surface area contributed by atoms with E-state index in [1.54, 1.807) is 0 Å². The van der Waals surface area contributed by atoms with Crippen molar-refractivity contribution in [3.8, 4) is 5.75 Å². The molecule has 2 fully saturated rings. The van der Waals surface area contributed by atoms with E-state index in [-0.39, 0.29) is 5.91 Å². The lowest BCUT2D eigenvalue weighted by Gasteiger charge is -2.36. The molecule has 1 saturated heterocycles. The van der Waals surface area contributed by atoms with E-state index in [4.69, 9.17) is 21.3 Å². The van der Waals surface area contributed by atoms with Gasteiger partial charge in [0.05, 0.1) is 19.7 Å².